The molecule has 25 heavy (non-hydrogen) atoms. The second-order valence-corrected chi connectivity index (χ2v) is 6.02. The molecule has 4 heterocycles. The molecule has 4 rings (SSSR count). The summed E-state index contributed by atoms with van der Waals surface area (Å²) >= 11 is 1.27. The Morgan fingerprint density at radius 2 is 2.24 bits per heavy atom. The first kappa shape index (κ1) is 15.3. The molecule has 126 valence electrons. The number of methoxy groups -OCH3 is 1. The monoisotopic (exact) mass is 357 g/mol. The number of anilines is 1. The lowest BCUT2D eigenvalue weighted by molar-refractivity contribution is -0.136. The number of furan rings is 1. The lowest BCUT2D eigenvalue weighted by Crippen LogP contribution is -2.32. The molecular formula is C15H11N5O4S. The lowest BCUT2D eigenvalue weighted by Gasteiger charge is -2.26. The standard InChI is InChI=1S/C15H11N5O4S/c1-23-14(22)11-10(13(21)9-5-3-7-25-9)12(8-4-2-6-24-8)20-15(16-11)17-18-19-20/h2-7,12H,1H3,(H,16,17,19)/t12-/m0/s1. The van der Waals surface area contributed by atoms with E-state index in [1.165, 1.54) is 29.4 Å². The van der Waals surface area contributed by atoms with Crippen molar-refractivity contribution in [2.45, 2.75) is 6.04 Å². The van der Waals surface area contributed by atoms with Gasteiger partial charge < -0.3 is 14.5 Å². The number of carbonyl (C=O) groups is 2. The minimum absolute atomic E-state index is 0.00963. The third-order valence-corrected chi connectivity index (χ3v) is 4.58. The molecule has 1 aliphatic heterocycles. The highest BCUT2D eigenvalue weighted by Gasteiger charge is 2.40. The van der Waals surface area contributed by atoms with Gasteiger partial charge in [0, 0.05) is 0 Å². The Kier molecular flexibility index (Phi) is 3.65. The second kappa shape index (κ2) is 5.98. The molecule has 3 aromatic heterocycles. The topological polar surface area (TPSA) is 112 Å². The van der Waals surface area contributed by atoms with Gasteiger partial charge in [0.05, 0.1) is 23.8 Å². The highest BCUT2D eigenvalue weighted by Crippen LogP contribution is 2.37. The molecular weight excluding hydrogens is 346 g/mol. The number of hydrogen-bond acceptors (Lipinski definition) is 9. The summed E-state index contributed by atoms with van der Waals surface area (Å²) in [6, 6.07) is 6.04. The van der Waals surface area contributed by atoms with Gasteiger partial charge in [-0.25, -0.2) is 4.79 Å². The van der Waals surface area contributed by atoms with Gasteiger partial charge in [-0.3, -0.25) is 4.79 Å². The molecule has 0 unspecified atom stereocenters. The van der Waals surface area contributed by atoms with Crippen molar-refractivity contribution < 1.29 is 18.7 Å². The van der Waals surface area contributed by atoms with Crippen molar-refractivity contribution in [1.29, 1.82) is 0 Å². The molecule has 0 aromatic carbocycles. The van der Waals surface area contributed by atoms with E-state index in [1.807, 2.05) is 0 Å². The van der Waals surface area contributed by atoms with Crippen LogP contribution in [0.4, 0.5) is 5.95 Å². The van der Waals surface area contributed by atoms with Gasteiger partial charge in [0.1, 0.15) is 17.5 Å². The Morgan fingerprint density at radius 1 is 1.36 bits per heavy atom. The molecule has 0 amide bonds. The molecule has 10 heteroatoms. The number of allylic oxidation sites excluding steroid dienone is 1. The summed E-state index contributed by atoms with van der Waals surface area (Å²) in [4.78, 5) is 25.9. The minimum Gasteiger partial charge on any atom is -0.467 e. The van der Waals surface area contributed by atoms with Crippen LogP contribution in [-0.4, -0.2) is 39.1 Å². The first-order valence-corrected chi connectivity index (χ1v) is 8.07. The number of fused-ring (bicyclic) bond motifs is 1. The number of aromatic nitrogens is 4. The fourth-order valence-electron chi connectivity index (χ4n) is 2.64. The summed E-state index contributed by atoms with van der Waals surface area (Å²) in [5.41, 5.74) is 0.147. The van der Waals surface area contributed by atoms with Crippen LogP contribution in [0.2, 0.25) is 0 Å². The Hall–Kier alpha value is -3.27. The van der Waals surface area contributed by atoms with Crippen molar-refractivity contribution in [2.24, 2.45) is 0 Å². The minimum atomic E-state index is -0.787. The number of thiophene rings is 1. The van der Waals surface area contributed by atoms with E-state index in [9.17, 15) is 9.59 Å². The highest BCUT2D eigenvalue weighted by atomic mass is 32.1. The van der Waals surface area contributed by atoms with Crippen LogP contribution < -0.4 is 5.32 Å². The largest absolute Gasteiger partial charge is 0.467 e. The molecule has 3 aromatic rings. The third-order valence-electron chi connectivity index (χ3n) is 3.71. The van der Waals surface area contributed by atoms with Crippen LogP contribution in [0.1, 0.15) is 21.5 Å². The van der Waals surface area contributed by atoms with E-state index in [0.717, 1.165) is 0 Å². The van der Waals surface area contributed by atoms with E-state index in [1.54, 1.807) is 29.6 Å². The number of ether oxygens (including phenoxy) is 1. The van der Waals surface area contributed by atoms with Crippen LogP contribution in [0.5, 0.6) is 0 Å². The highest BCUT2D eigenvalue weighted by molar-refractivity contribution is 7.12. The van der Waals surface area contributed by atoms with Crippen LogP contribution in [0.15, 0.2) is 51.6 Å². The Bertz CT molecular complexity index is 958. The number of rotatable bonds is 4. The smallest absolute Gasteiger partial charge is 0.355 e. The molecule has 0 saturated carbocycles. The fraction of sp³-hybridized carbons (Fsp3) is 0.133. The van der Waals surface area contributed by atoms with Crippen LogP contribution in [-0.2, 0) is 9.53 Å². The molecule has 0 spiro atoms. The van der Waals surface area contributed by atoms with Crippen molar-refractivity contribution in [3.8, 4) is 0 Å². The molecule has 1 atom stereocenters. The van der Waals surface area contributed by atoms with Gasteiger partial charge in [-0.05, 0) is 34.0 Å². The summed E-state index contributed by atoms with van der Waals surface area (Å²) in [5, 5.41) is 15.9. The van der Waals surface area contributed by atoms with Crippen molar-refractivity contribution >= 4 is 29.0 Å². The molecule has 0 aliphatic carbocycles. The average molecular weight is 357 g/mol. The molecule has 0 radical (unpaired) electrons. The maximum Gasteiger partial charge on any atom is 0.355 e. The van der Waals surface area contributed by atoms with Crippen molar-refractivity contribution in [2.75, 3.05) is 12.4 Å². The first-order chi connectivity index (χ1) is 12.2. The number of carbonyl (C=O) groups excluding carboxylic acids is 2. The van der Waals surface area contributed by atoms with Gasteiger partial charge in [-0.2, -0.15) is 4.68 Å². The van der Waals surface area contributed by atoms with Crippen LogP contribution in [0.25, 0.3) is 0 Å². The van der Waals surface area contributed by atoms with Crippen molar-refractivity contribution in [1.82, 2.24) is 20.2 Å². The zero-order chi connectivity index (χ0) is 17.4. The number of Topliss-reactive ketones (excluding diaryl/α,β-unsaturated/α-hetero) is 1. The van der Waals surface area contributed by atoms with Crippen molar-refractivity contribution in [3.63, 3.8) is 0 Å². The summed E-state index contributed by atoms with van der Waals surface area (Å²) in [6.45, 7) is 0. The Labute approximate surface area is 144 Å². The van der Waals surface area contributed by atoms with E-state index in [4.69, 9.17) is 9.15 Å². The maximum atomic E-state index is 13.1. The Morgan fingerprint density at radius 3 is 2.92 bits per heavy atom. The molecule has 1 N–H and O–H groups in total. The zero-order valence-corrected chi connectivity index (χ0v) is 13.7. The number of nitrogens with zero attached hydrogens (tertiary/aromatic N) is 4. The predicted molar refractivity (Wildman–Crippen MR) is 86.0 cm³/mol. The molecule has 0 fully saturated rings. The van der Waals surface area contributed by atoms with Crippen LogP contribution in [0.3, 0.4) is 0 Å². The van der Waals surface area contributed by atoms with Crippen LogP contribution >= 0.6 is 11.3 Å². The van der Waals surface area contributed by atoms with E-state index < -0.39 is 12.0 Å². The van der Waals surface area contributed by atoms with E-state index >= 15 is 0 Å². The predicted octanol–water partition coefficient (Wildman–Crippen LogP) is 1.65. The lowest BCUT2D eigenvalue weighted by atomic mass is 9.95. The van der Waals surface area contributed by atoms with Gasteiger partial charge >= 0.3 is 5.97 Å². The average Bonchev–Trinajstić information content (AvgIpc) is 3.40. The molecule has 0 bridgehead atoms. The Balaban J connectivity index is 1.95. The quantitative estimate of drug-likeness (QED) is 0.554. The number of tetrazole rings is 1. The van der Waals surface area contributed by atoms with Gasteiger partial charge in [0.25, 0.3) is 0 Å². The SMILES string of the molecule is COC(=O)C1=C(C(=O)c2cccs2)[C@H](c2ccco2)n2nnnc2N1. The van der Waals surface area contributed by atoms with E-state index in [2.05, 4.69) is 20.8 Å². The van der Waals surface area contributed by atoms with E-state index in [-0.39, 0.29) is 23.0 Å². The van der Waals surface area contributed by atoms with E-state index in [0.29, 0.717) is 10.6 Å². The number of hydrogen-bond donors (Lipinski definition) is 1. The van der Waals surface area contributed by atoms with Gasteiger partial charge in [0.2, 0.25) is 11.7 Å². The maximum absolute atomic E-state index is 13.1. The molecule has 9 nitrogen and oxygen atoms in total. The van der Waals surface area contributed by atoms with Gasteiger partial charge in [0.15, 0.2) is 0 Å². The van der Waals surface area contributed by atoms with Gasteiger partial charge in [-0.15, -0.1) is 11.3 Å². The summed E-state index contributed by atoms with van der Waals surface area (Å²) < 4.78 is 11.7. The second-order valence-electron chi connectivity index (χ2n) is 5.08. The molecule has 0 saturated heterocycles. The van der Waals surface area contributed by atoms with Gasteiger partial charge in [-0.1, -0.05) is 11.2 Å². The number of ketones is 1. The number of nitrogens with one attached hydrogen (secondary N) is 1. The zero-order valence-electron chi connectivity index (χ0n) is 12.9. The summed E-state index contributed by atoms with van der Waals surface area (Å²) in [7, 11) is 1.24. The number of esters is 1. The molecule has 1 aliphatic rings. The third kappa shape index (κ3) is 2.43. The van der Waals surface area contributed by atoms with Crippen LogP contribution in [0, 0.1) is 0 Å². The first-order valence-electron chi connectivity index (χ1n) is 7.19. The summed E-state index contributed by atoms with van der Waals surface area (Å²) in [6.07, 6.45) is 1.48. The van der Waals surface area contributed by atoms with Crippen molar-refractivity contribution in [3.05, 3.63) is 57.8 Å². The fourth-order valence-corrected chi connectivity index (χ4v) is 3.32. The summed E-state index contributed by atoms with van der Waals surface area (Å²) in [5.74, 6) is -0.378. The normalized spacial score (nSPS) is 16.3.